The number of pyridine rings is 1. The molecule has 1 fully saturated rings. The molecular weight excluding hydrogens is 429 g/mol. The molecule has 0 spiro atoms. The van der Waals surface area contributed by atoms with Crippen LogP contribution in [-0.2, 0) is 11.8 Å². The zero-order chi connectivity index (χ0) is 21.7. The number of benzene rings is 1. The van der Waals surface area contributed by atoms with Crippen molar-refractivity contribution >= 4 is 35.0 Å². The Morgan fingerprint density at radius 2 is 1.93 bits per heavy atom. The molecule has 1 saturated heterocycles. The van der Waals surface area contributed by atoms with Gasteiger partial charge < -0.3 is 19.5 Å². The van der Waals surface area contributed by atoms with Gasteiger partial charge in [0.05, 0.1) is 5.02 Å². The molecule has 1 aromatic carbocycles. The van der Waals surface area contributed by atoms with Crippen LogP contribution in [0, 0.1) is 5.92 Å². The maximum atomic E-state index is 12.6. The third-order valence-corrected chi connectivity index (χ3v) is 5.63. The molecule has 30 heavy (non-hydrogen) atoms. The normalized spacial score (nSPS) is 14.4. The zero-order valence-corrected chi connectivity index (χ0v) is 18.1. The van der Waals surface area contributed by atoms with Crippen LogP contribution in [0.4, 0.5) is 0 Å². The first-order valence-corrected chi connectivity index (χ1v) is 10.4. The van der Waals surface area contributed by atoms with Gasteiger partial charge in [0, 0.05) is 37.9 Å². The number of likely N-dealkylation sites (tertiary alicyclic amines) is 1. The van der Waals surface area contributed by atoms with Crippen LogP contribution in [0.3, 0.4) is 0 Å². The Balaban J connectivity index is 1.42. The van der Waals surface area contributed by atoms with Crippen molar-refractivity contribution in [1.29, 1.82) is 0 Å². The van der Waals surface area contributed by atoms with Crippen LogP contribution in [0.15, 0.2) is 41.3 Å². The molecule has 3 rings (SSSR count). The van der Waals surface area contributed by atoms with E-state index in [4.69, 9.17) is 27.9 Å². The van der Waals surface area contributed by atoms with Crippen molar-refractivity contribution in [2.75, 3.05) is 26.2 Å². The molecule has 0 unspecified atom stereocenters. The van der Waals surface area contributed by atoms with E-state index in [0.29, 0.717) is 35.4 Å². The van der Waals surface area contributed by atoms with Gasteiger partial charge in [0.15, 0.2) is 6.61 Å². The van der Waals surface area contributed by atoms with E-state index in [-0.39, 0.29) is 35.5 Å². The fourth-order valence-corrected chi connectivity index (χ4v) is 3.78. The van der Waals surface area contributed by atoms with Crippen LogP contribution in [-0.4, -0.2) is 47.5 Å². The molecule has 160 valence electrons. The van der Waals surface area contributed by atoms with E-state index in [1.54, 1.807) is 48.5 Å². The summed E-state index contributed by atoms with van der Waals surface area (Å²) >= 11 is 11.9. The van der Waals surface area contributed by atoms with Gasteiger partial charge in [-0.2, -0.15) is 0 Å². The van der Waals surface area contributed by atoms with Crippen LogP contribution in [0.2, 0.25) is 10.0 Å². The summed E-state index contributed by atoms with van der Waals surface area (Å²) in [6.07, 6.45) is 3.13. The number of aromatic nitrogens is 1. The van der Waals surface area contributed by atoms with Gasteiger partial charge in [-0.1, -0.05) is 23.2 Å². The third-order valence-electron chi connectivity index (χ3n) is 5.10. The van der Waals surface area contributed by atoms with Gasteiger partial charge in [-0.05, 0) is 49.1 Å². The van der Waals surface area contributed by atoms with E-state index in [1.807, 2.05) is 0 Å². The number of hydrogen-bond acceptors (Lipinski definition) is 4. The van der Waals surface area contributed by atoms with Crippen LogP contribution < -0.4 is 15.6 Å². The van der Waals surface area contributed by atoms with Gasteiger partial charge in [0.1, 0.15) is 11.3 Å². The number of nitrogens with zero attached hydrogens (tertiary/aromatic N) is 2. The van der Waals surface area contributed by atoms with E-state index in [0.717, 1.165) is 12.8 Å². The smallest absolute Gasteiger partial charge is 0.263 e. The Bertz CT molecular complexity index is 984. The molecule has 0 saturated carbocycles. The Hall–Kier alpha value is -2.51. The van der Waals surface area contributed by atoms with Crippen molar-refractivity contribution in [1.82, 2.24) is 14.8 Å². The lowest BCUT2D eigenvalue weighted by molar-refractivity contribution is -0.123. The highest BCUT2D eigenvalue weighted by Gasteiger charge is 2.25. The van der Waals surface area contributed by atoms with Crippen molar-refractivity contribution in [3.8, 4) is 5.75 Å². The van der Waals surface area contributed by atoms with Gasteiger partial charge in [0.2, 0.25) is 0 Å². The number of ether oxygens (including phenoxy) is 1. The van der Waals surface area contributed by atoms with Gasteiger partial charge in [-0.15, -0.1) is 0 Å². The molecule has 0 radical (unpaired) electrons. The first-order valence-electron chi connectivity index (χ1n) is 9.64. The molecule has 0 aliphatic carbocycles. The van der Waals surface area contributed by atoms with E-state index in [9.17, 15) is 14.4 Å². The predicted octanol–water partition coefficient (Wildman–Crippen LogP) is 2.74. The van der Waals surface area contributed by atoms with Crippen molar-refractivity contribution < 1.29 is 14.3 Å². The van der Waals surface area contributed by atoms with Crippen LogP contribution in [0.1, 0.15) is 23.2 Å². The summed E-state index contributed by atoms with van der Waals surface area (Å²) < 4.78 is 6.82. The Labute approximate surface area is 184 Å². The van der Waals surface area contributed by atoms with Crippen LogP contribution in [0.25, 0.3) is 0 Å². The van der Waals surface area contributed by atoms with Crippen molar-refractivity contribution in [2.24, 2.45) is 13.0 Å². The second-order valence-electron chi connectivity index (χ2n) is 7.24. The maximum Gasteiger partial charge on any atom is 0.263 e. The Kier molecular flexibility index (Phi) is 7.39. The van der Waals surface area contributed by atoms with E-state index < -0.39 is 0 Å². The molecule has 0 bridgehead atoms. The molecule has 1 aliphatic heterocycles. The SMILES string of the molecule is Cn1cccc(C(=O)N2CCC(CNC(=O)COc3ccc(Cl)cc3Cl)CC2)c1=O. The maximum absolute atomic E-state index is 12.6. The minimum atomic E-state index is -0.294. The molecule has 0 atom stereocenters. The average molecular weight is 452 g/mol. The Morgan fingerprint density at radius 3 is 2.63 bits per heavy atom. The van der Waals surface area contributed by atoms with Crippen molar-refractivity contribution in [3.05, 3.63) is 62.5 Å². The van der Waals surface area contributed by atoms with Gasteiger partial charge in [0.25, 0.3) is 17.4 Å². The van der Waals surface area contributed by atoms with Crippen molar-refractivity contribution in [3.63, 3.8) is 0 Å². The molecule has 7 nitrogen and oxygen atoms in total. The van der Waals surface area contributed by atoms with E-state index >= 15 is 0 Å². The first-order chi connectivity index (χ1) is 14.3. The standard InChI is InChI=1S/C21H23Cl2N3O4/c1-25-8-2-3-16(20(25)28)21(29)26-9-6-14(7-10-26)12-24-19(27)13-30-18-5-4-15(22)11-17(18)23/h2-5,8,11,14H,6-7,9-10,12-13H2,1H3,(H,24,27). The van der Waals surface area contributed by atoms with E-state index in [1.165, 1.54) is 4.57 Å². The quantitative estimate of drug-likeness (QED) is 0.731. The zero-order valence-electron chi connectivity index (χ0n) is 16.6. The molecule has 2 aromatic rings. The summed E-state index contributed by atoms with van der Waals surface area (Å²) in [7, 11) is 1.62. The van der Waals surface area contributed by atoms with Crippen molar-refractivity contribution in [2.45, 2.75) is 12.8 Å². The summed E-state index contributed by atoms with van der Waals surface area (Å²) in [5.74, 6) is 0.171. The fourth-order valence-electron chi connectivity index (χ4n) is 3.32. The number of amides is 2. The molecule has 2 amide bonds. The highest BCUT2D eigenvalue weighted by Crippen LogP contribution is 2.27. The number of aryl methyl sites for hydroxylation is 1. The molecule has 1 N–H and O–H groups in total. The number of nitrogens with one attached hydrogen (secondary N) is 1. The molecule has 2 heterocycles. The highest BCUT2D eigenvalue weighted by molar-refractivity contribution is 6.35. The summed E-state index contributed by atoms with van der Waals surface area (Å²) in [6.45, 7) is 1.46. The summed E-state index contributed by atoms with van der Waals surface area (Å²) in [5.41, 5.74) is -0.109. The number of piperidine rings is 1. The highest BCUT2D eigenvalue weighted by atomic mass is 35.5. The lowest BCUT2D eigenvalue weighted by Gasteiger charge is -2.32. The van der Waals surface area contributed by atoms with E-state index in [2.05, 4.69) is 5.32 Å². The first kappa shape index (κ1) is 22.2. The lowest BCUT2D eigenvalue weighted by atomic mass is 9.96. The third kappa shape index (κ3) is 5.55. The monoisotopic (exact) mass is 451 g/mol. The summed E-state index contributed by atoms with van der Waals surface area (Å²) in [5, 5.41) is 3.70. The largest absolute Gasteiger partial charge is 0.482 e. The Morgan fingerprint density at radius 1 is 1.20 bits per heavy atom. The number of carbonyl (C=O) groups is 2. The predicted molar refractivity (Wildman–Crippen MR) is 115 cm³/mol. The van der Waals surface area contributed by atoms with Crippen LogP contribution >= 0.6 is 23.2 Å². The van der Waals surface area contributed by atoms with Gasteiger partial charge in [-0.3, -0.25) is 14.4 Å². The number of hydrogen-bond donors (Lipinski definition) is 1. The van der Waals surface area contributed by atoms with Gasteiger partial charge in [-0.25, -0.2) is 0 Å². The molecule has 9 heteroatoms. The number of halogens is 2. The second-order valence-corrected chi connectivity index (χ2v) is 8.08. The molecule has 1 aliphatic rings. The average Bonchev–Trinajstić information content (AvgIpc) is 2.73. The topological polar surface area (TPSA) is 80.6 Å². The van der Waals surface area contributed by atoms with Crippen LogP contribution in [0.5, 0.6) is 5.75 Å². The lowest BCUT2D eigenvalue weighted by Crippen LogP contribution is -2.43. The minimum Gasteiger partial charge on any atom is -0.482 e. The summed E-state index contributed by atoms with van der Waals surface area (Å²) in [6, 6.07) is 8.06. The second kappa shape index (κ2) is 10.00. The summed E-state index contributed by atoms with van der Waals surface area (Å²) in [4.78, 5) is 38.5. The minimum absolute atomic E-state index is 0.143. The number of carbonyl (C=O) groups excluding carboxylic acids is 2. The van der Waals surface area contributed by atoms with Gasteiger partial charge >= 0.3 is 0 Å². The fraction of sp³-hybridized carbons (Fsp3) is 0.381. The molecular formula is C21H23Cl2N3O4. The number of rotatable bonds is 6. The molecule has 1 aromatic heterocycles.